The van der Waals surface area contributed by atoms with Crippen LogP contribution in [-0.4, -0.2) is 98.7 Å². The van der Waals surface area contributed by atoms with Gasteiger partial charge in [0.1, 0.15) is 23.9 Å². The third kappa shape index (κ3) is 7.11. The van der Waals surface area contributed by atoms with Crippen LogP contribution in [0.1, 0.15) is 47.7 Å². The Hall–Kier alpha value is -5.97. The van der Waals surface area contributed by atoms with E-state index in [4.69, 9.17) is 15.0 Å². The number of aliphatic hydroxyl groups excluding tert-OH is 3. The molecule has 2 amide bonds. The Morgan fingerprint density at radius 1 is 0.925 bits per heavy atom. The number of amides is 2. The van der Waals surface area contributed by atoms with Crippen LogP contribution in [0.2, 0.25) is 0 Å². The minimum atomic E-state index is -1.17. The van der Waals surface area contributed by atoms with Crippen LogP contribution in [0, 0.1) is 0 Å². The highest BCUT2D eigenvalue weighted by Crippen LogP contribution is 2.40. The SMILES string of the molecule is O=C(Nc1cccnc1)NC1CCN(c2nc(NCC(c3ccccc3)c3ccccc3)c3ncn([C@@H]4C[C@H](n5ncc(CO)n5)[C@@H](O)[C@H]4O)c3n2)C1. The maximum absolute atomic E-state index is 12.8. The van der Waals surface area contributed by atoms with Crippen molar-refractivity contribution in [3.05, 3.63) is 115 Å². The maximum Gasteiger partial charge on any atom is 0.319 e. The molecule has 272 valence electrons. The second kappa shape index (κ2) is 14.9. The largest absolute Gasteiger partial charge is 0.390 e. The van der Waals surface area contributed by atoms with E-state index >= 15 is 0 Å². The number of fused-ring (bicyclic) bond motifs is 1. The maximum atomic E-state index is 12.8. The molecule has 5 atom stereocenters. The summed E-state index contributed by atoms with van der Waals surface area (Å²) < 4.78 is 1.79. The Morgan fingerprint density at radius 3 is 2.38 bits per heavy atom. The van der Waals surface area contributed by atoms with Gasteiger partial charge in [0.2, 0.25) is 5.95 Å². The molecule has 8 rings (SSSR count). The van der Waals surface area contributed by atoms with Crippen molar-refractivity contribution in [2.45, 2.75) is 55.7 Å². The van der Waals surface area contributed by atoms with Crippen molar-refractivity contribution in [3.63, 3.8) is 0 Å². The molecule has 53 heavy (non-hydrogen) atoms. The molecule has 0 spiro atoms. The number of imidazole rings is 1. The zero-order chi connectivity index (χ0) is 36.3. The zero-order valence-corrected chi connectivity index (χ0v) is 28.7. The Kier molecular flexibility index (Phi) is 9.62. The minimum absolute atomic E-state index is 0.00425. The van der Waals surface area contributed by atoms with Gasteiger partial charge in [0.25, 0.3) is 0 Å². The molecule has 2 aromatic carbocycles. The highest BCUT2D eigenvalue weighted by molar-refractivity contribution is 5.89. The molecule has 16 heteroatoms. The van der Waals surface area contributed by atoms with Crippen molar-refractivity contribution in [3.8, 4) is 0 Å². The predicted octanol–water partition coefficient (Wildman–Crippen LogP) is 2.86. The highest BCUT2D eigenvalue weighted by Gasteiger charge is 2.45. The lowest BCUT2D eigenvalue weighted by atomic mass is 9.91. The van der Waals surface area contributed by atoms with Crippen molar-refractivity contribution < 1.29 is 20.1 Å². The van der Waals surface area contributed by atoms with Crippen molar-refractivity contribution in [2.75, 3.05) is 35.2 Å². The van der Waals surface area contributed by atoms with Gasteiger partial charge in [-0.3, -0.25) is 4.98 Å². The number of pyridine rings is 1. The molecule has 2 fully saturated rings. The molecule has 1 saturated heterocycles. The Balaban J connectivity index is 1.10. The number of nitrogens with one attached hydrogen (secondary N) is 3. The lowest BCUT2D eigenvalue weighted by Gasteiger charge is -2.22. The van der Waals surface area contributed by atoms with Gasteiger partial charge in [0, 0.05) is 37.8 Å². The summed E-state index contributed by atoms with van der Waals surface area (Å²) in [7, 11) is 0. The van der Waals surface area contributed by atoms with Gasteiger partial charge in [-0.05, 0) is 36.1 Å². The number of nitrogens with zero attached hydrogens (tertiary/aromatic N) is 9. The number of aliphatic hydroxyl groups is 3. The summed E-state index contributed by atoms with van der Waals surface area (Å²) in [6.07, 6.45) is 4.92. The molecule has 1 unspecified atom stereocenters. The van der Waals surface area contributed by atoms with Crippen LogP contribution in [0.4, 0.5) is 22.2 Å². The third-order valence-corrected chi connectivity index (χ3v) is 10.0. The van der Waals surface area contributed by atoms with Gasteiger partial charge in [0.05, 0.1) is 37.1 Å². The standard InChI is InChI=1S/C37H40N12O4/c50-21-27-18-41-49(46-27)30-16-29(32(51)33(30)52)48-22-40-31-34(39-19-28(23-8-3-1-4-9-23)24-10-5-2-6-11-24)44-36(45-35(31)48)47-15-13-26(20-47)43-37(53)42-25-12-7-14-38-17-25/h1-12,14,17-18,22,26,28-30,32-33,50-52H,13,15-16,19-21H2,(H,39,44,45)(H2,42,43,53)/t26?,29-,30+,32+,33-/m1/s1. The Morgan fingerprint density at radius 2 is 1.68 bits per heavy atom. The van der Waals surface area contributed by atoms with E-state index in [2.05, 4.69) is 55.4 Å². The van der Waals surface area contributed by atoms with Crippen molar-refractivity contribution in [1.29, 1.82) is 0 Å². The number of hydrogen-bond donors (Lipinski definition) is 6. The van der Waals surface area contributed by atoms with Crippen LogP contribution >= 0.6 is 0 Å². The molecule has 1 aliphatic carbocycles. The fraction of sp³-hybridized carbons (Fsp3) is 0.324. The summed E-state index contributed by atoms with van der Waals surface area (Å²) >= 11 is 0. The number of carbonyl (C=O) groups is 1. The number of benzene rings is 2. The first-order chi connectivity index (χ1) is 25.9. The normalized spacial score (nSPS) is 21.4. The van der Waals surface area contributed by atoms with Crippen LogP contribution < -0.4 is 20.9 Å². The summed E-state index contributed by atoms with van der Waals surface area (Å²) in [4.78, 5) is 35.0. The van der Waals surface area contributed by atoms with E-state index < -0.39 is 24.3 Å². The second-order valence-electron chi connectivity index (χ2n) is 13.4. The number of carbonyl (C=O) groups excluding carboxylic acids is 1. The van der Waals surface area contributed by atoms with Gasteiger partial charge >= 0.3 is 6.03 Å². The second-order valence-corrected chi connectivity index (χ2v) is 13.4. The first-order valence-corrected chi connectivity index (χ1v) is 17.6. The van der Waals surface area contributed by atoms with Crippen LogP contribution in [0.3, 0.4) is 0 Å². The zero-order valence-electron chi connectivity index (χ0n) is 28.7. The van der Waals surface area contributed by atoms with Crippen molar-refractivity contribution in [1.82, 2.24) is 44.8 Å². The van der Waals surface area contributed by atoms with E-state index in [1.807, 2.05) is 41.3 Å². The van der Waals surface area contributed by atoms with E-state index in [-0.39, 0.29) is 24.6 Å². The van der Waals surface area contributed by atoms with Gasteiger partial charge in [-0.15, -0.1) is 0 Å². The molecule has 1 aliphatic heterocycles. The summed E-state index contributed by atoms with van der Waals surface area (Å²) in [6.45, 7) is 1.30. The summed E-state index contributed by atoms with van der Waals surface area (Å²) in [5.41, 5.74) is 4.26. The van der Waals surface area contributed by atoms with Gasteiger partial charge in [-0.2, -0.15) is 25.0 Å². The van der Waals surface area contributed by atoms with E-state index in [0.717, 1.165) is 11.1 Å². The van der Waals surface area contributed by atoms with E-state index in [1.54, 1.807) is 35.4 Å². The number of aromatic nitrogens is 8. The molecular weight excluding hydrogens is 676 g/mol. The molecular formula is C37H40N12O4. The molecule has 6 N–H and O–H groups in total. The summed E-state index contributed by atoms with van der Waals surface area (Å²) in [5.74, 6) is 0.974. The van der Waals surface area contributed by atoms with Crippen LogP contribution in [0.15, 0.2) is 97.7 Å². The molecule has 0 bridgehead atoms. The first kappa shape index (κ1) is 34.1. The molecule has 16 nitrogen and oxygen atoms in total. The third-order valence-electron chi connectivity index (χ3n) is 10.0. The van der Waals surface area contributed by atoms with E-state index in [1.165, 1.54) is 11.0 Å². The molecule has 2 aliphatic rings. The topological polar surface area (TPSA) is 204 Å². The van der Waals surface area contributed by atoms with Gasteiger partial charge in [-0.25, -0.2) is 9.78 Å². The van der Waals surface area contributed by atoms with E-state index in [9.17, 15) is 20.1 Å². The van der Waals surface area contributed by atoms with Gasteiger partial charge in [-0.1, -0.05) is 60.7 Å². The summed E-state index contributed by atoms with van der Waals surface area (Å²) in [6, 6.07) is 22.4. The quantitative estimate of drug-likeness (QED) is 0.115. The lowest BCUT2D eigenvalue weighted by Crippen LogP contribution is -2.40. The van der Waals surface area contributed by atoms with Crippen LogP contribution in [0.25, 0.3) is 11.2 Å². The molecule has 4 aromatic heterocycles. The minimum Gasteiger partial charge on any atom is -0.390 e. The molecule has 0 radical (unpaired) electrons. The van der Waals surface area contributed by atoms with Crippen molar-refractivity contribution >= 4 is 34.6 Å². The number of urea groups is 1. The fourth-order valence-electron chi connectivity index (χ4n) is 7.29. The summed E-state index contributed by atoms with van der Waals surface area (Å²) in [5, 5.41) is 49.9. The molecule has 5 heterocycles. The number of hydrogen-bond acceptors (Lipinski definition) is 12. The number of anilines is 3. The number of rotatable bonds is 11. The lowest BCUT2D eigenvalue weighted by molar-refractivity contribution is 0.00491. The highest BCUT2D eigenvalue weighted by atomic mass is 16.3. The molecule has 1 saturated carbocycles. The average Bonchev–Trinajstić information content (AvgIpc) is 4.00. The van der Waals surface area contributed by atoms with Crippen LogP contribution in [-0.2, 0) is 6.61 Å². The fourth-order valence-corrected chi connectivity index (χ4v) is 7.29. The Bertz CT molecular complexity index is 2110. The molecule has 6 aromatic rings. The first-order valence-electron chi connectivity index (χ1n) is 17.6. The predicted molar refractivity (Wildman–Crippen MR) is 196 cm³/mol. The van der Waals surface area contributed by atoms with Crippen LogP contribution in [0.5, 0.6) is 0 Å². The van der Waals surface area contributed by atoms with E-state index in [0.29, 0.717) is 66.8 Å². The van der Waals surface area contributed by atoms with Gasteiger partial charge < -0.3 is 40.7 Å². The van der Waals surface area contributed by atoms with Gasteiger partial charge in [0.15, 0.2) is 17.0 Å². The Labute approximate surface area is 304 Å². The smallest absolute Gasteiger partial charge is 0.319 e. The monoisotopic (exact) mass is 716 g/mol. The average molecular weight is 717 g/mol. The van der Waals surface area contributed by atoms with Crippen molar-refractivity contribution in [2.24, 2.45) is 0 Å².